The first-order chi connectivity index (χ1) is 14.2. The third kappa shape index (κ3) is 3.44. The number of thioether (sulfide) groups is 1. The average molecular weight is 404 g/mol. The predicted octanol–water partition coefficient (Wildman–Crippen LogP) is 4.67. The minimum Gasteiger partial charge on any atom is -0.309 e. The number of nitrogens with one attached hydrogen (secondary N) is 2. The molecule has 0 amide bonds. The molecule has 4 aromatic rings. The van der Waals surface area contributed by atoms with Gasteiger partial charge in [0.25, 0.3) is 0 Å². The van der Waals surface area contributed by atoms with E-state index in [9.17, 15) is 0 Å². The van der Waals surface area contributed by atoms with Gasteiger partial charge < -0.3 is 9.81 Å². The van der Waals surface area contributed by atoms with Crippen molar-refractivity contribution in [3.8, 4) is 11.3 Å². The summed E-state index contributed by atoms with van der Waals surface area (Å²) in [5.41, 5.74) is 5.51. The lowest BCUT2D eigenvalue weighted by Crippen LogP contribution is -2.27. The van der Waals surface area contributed by atoms with Crippen LogP contribution in [0.1, 0.15) is 26.2 Å². The van der Waals surface area contributed by atoms with Gasteiger partial charge in [0.1, 0.15) is 0 Å². The van der Waals surface area contributed by atoms with Crippen molar-refractivity contribution in [2.24, 2.45) is 4.99 Å². The molecule has 0 aliphatic heterocycles. The van der Waals surface area contributed by atoms with Gasteiger partial charge in [0.05, 0.1) is 17.4 Å². The quantitative estimate of drug-likeness (QED) is 0.517. The van der Waals surface area contributed by atoms with Crippen LogP contribution in [0.25, 0.3) is 27.8 Å². The Morgan fingerprint density at radius 2 is 2.28 bits per heavy atom. The number of rotatable bonds is 4. The molecule has 1 unspecified atom stereocenters. The van der Waals surface area contributed by atoms with Gasteiger partial charge in [-0.15, -0.1) is 0 Å². The summed E-state index contributed by atoms with van der Waals surface area (Å²) < 4.78 is 1.97. The molecule has 1 aromatic carbocycles. The van der Waals surface area contributed by atoms with Gasteiger partial charge >= 0.3 is 0 Å². The Morgan fingerprint density at radius 3 is 3.17 bits per heavy atom. The average Bonchev–Trinajstić information content (AvgIpc) is 3.39. The summed E-state index contributed by atoms with van der Waals surface area (Å²) in [6.07, 6.45) is 9.90. The Hall–Kier alpha value is -3.00. The molecule has 146 valence electrons. The molecule has 0 radical (unpaired) electrons. The number of benzene rings is 1. The number of hydrogen-bond donors (Lipinski definition) is 2. The van der Waals surface area contributed by atoms with Crippen LogP contribution in [0.5, 0.6) is 0 Å². The first-order valence-electron chi connectivity index (χ1n) is 9.74. The van der Waals surface area contributed by atoms with E-state index in [-0.39, 0.29) is 5.25 Å². The molecule has 1 atom stereocenters. The highest BCUT2D eigenvalue weighted by molar-refractivity contribution is 8.00. The lowest BCUT2D eigenvalue weighted by Gasteiger charge is -2.23. The van der Waals surface area contributed by atoms with Crippen LogP contribution in [0.3, 0.4) is 0 Å². The van der Waals surface area contributed by atoms with E-state index in [0.29, 0.717) is 5.82 Å². The number of aromatic nitrogens is 5. The van der Waals surface area contributed by atoms with Crippen molar-refractivity contribution < 1.29 is 0 Å². The van der Waals surface area contributed by atoms with Crippen LogP contribution < -0.4 is 0 Å². The number of hydrogen-bond acceptors (Lipinski definition) is 6. The van der Waals surface area contributed by atoms with E-state index >= 15 is 0 Å². The van der Waals surface area contributed by atoms with E-state index in [1.165, 1.54) is 0 Å². The van der Waals surface area contributed by atoms with Gasteiger partial charge in [-0.3, -0.25) is 5.10 Å². The molecule has 0 bridgehead atoms. The molecular weight excluding hydrogens is 382 g/mol. The zero-order valence-corrected chi connectivity index (χ0v) is 16.9. The molecule has 1 aliphatic rings. The summed E-state index contributed by atoms with van der Waals surface area (Å²) in [6, 6.07) is 6.15. The second-order valence-corrected chi connectivity index (χ2v) is 8.61. The summed E-state index contributed by atoms with van der Waals surface area (Å²) in [4.78, 5) is 14.2. The van der Waals surface area contributed by atoms with Gasteiger partial charge in [-0.2, -0.15) is 16.9 Å². The summed E-state index contributed by atoms with van der Waals surface area (Å²) in [5, 5.41) is 16.6. The standard InChI is InChI=1S/C21H21N7S/c1-2-29-19-10-15(5-6-16(19)22)25-20-21-23-7-8-28(21)12-18(26-20)13-3-4-14-11-24-27-17(14)9-13/h3-4,7-9,11-12,19,22H,2,5-6,10H2,1H3,(H,24,27). The van der Waals surface area contributed by atoms with Crippen LogP contribution in [0.2, 0.25) is 0 Å². The first kappa shape index (κ1) is 18.1. The number of aliphatic imine (C=N–C) groups is 1. The van der Waals surface area contributed by atoms with Crippen molar-refractivity contribution in [2.75, 3.05) is 5.75 Å². The molecule has 1 saturated carbocycles. The zero-order chi connectivity index (χ0) is 19.8. The maximum atomic E-state index is 8.21. The van der Waals surface area contributed by atoms with E-state index in [2.05, 4.69) is 34.2 Å². The molecule has 0 spiro atoms. The Morgan fingerprint density at radius 1 is 1.34 bits per heavy atom. The summed E-state index contributed by atoms with van der Waals surface area (Å²) in [6.45, 7) is 2.14. The lowest BCUT2D eigenvalue weighted by molar-refractivity contribution is 0.945. The highest BCUT2D eigenvalue weighted by Crippen LogP contribution is 2.29. The van der Waals surface area contributed by atoms with Gasteiger partial charge in [-0.05, 0) is 24.7 Å². The van der Waals surface area contributed by atoms with Crippen molar-refractivity contribution in [3.05, 3.63) is 43.0 Å². The third-order valence-electron chi connectivity index (χ3n) is 5.22. The van der Waals surface area contributed by atoms with E-state index < -0.39 is 0 Å². The SMILES string of the molecule is CCSC1CC(=Nc2nc(-c3ccc4cn[nH]c4c3)cn3ccnc23)CCC1=N. The van der Waals surface area contributed by atoms with E-state index in [0.717, 1.165) is 64.2 Å². The number of imidazole rings is 1. The van der Waals surface area contributed by atoms with Gasteiger partial charge in [0, 0.05) is 52.6 Å². The molecule has 1 aliphatic carbocycles. The molecule has 29 heavy (non-hydrogen) atoms. The normalized spacial score (nSPS) is 18.9. The monoisotopic (exact) mass is 403 g/mol. The summed E-state index contributed by atoms with van der Waals surface area (Å²) in [7, 11) is 0. The molecule has 1 fully saturated rings. The van der Waals surface area contributed by atoms with Gasteiger partial charge in [0.15, 0.2) is 11.5 Å². The maximum absolute atomic E-state index is 8.21. The minimum absolute atomic E-state index is 0.231. The molecular formula is C21H21N7S. The smallest absolute Gasteiger partial charge is 0.196 e. The molecule has 3 aromatic heterocycles. The van der Waals surface area contributed by atoms with Gasteiger partial charge in [-0.1, -0.05) is 19.1 Å². The van der Waals surface area contributed by atoms with Crippen LogP contribution in [0.15, 0.2) is 48.0 Å². The Labute approximate surface area is 172 Å². The van der Waals surface area contributed by atoms with Crippen LogP contribution in [0, 0.1) is 5.41 Å². The highest BCUT2D eigenvalue weighted by atomic mass is 32.2. The minimum atomic E-state index is 0.231. The Balaban J connectivity index is 1.56. The first-order valence-corrected chi connectivity index (χ1v) is 10.8. The van der Waals surface area contributed by atoms with Crippen LogP contribution in [-0.2, 0) is 0 Å². The third-order valence-corrected chi connectivity index (χ3v) is 6.41. The van der Waals surface area contributed by atoms with E-state index in [1.807, 2.05) is 40.8 Å². The fraction of sp³-hybridized carbons (Fsp3) is 0.286. The van der Waals surface area contributed by atoms with Gasteiger partial charge in [0.2, 0.25) is 0 Å². The fourth-order valence-electron chi connectivity index (χ4n) is 3.72. The second kappa shape index (κ2) is 7.44. The van der Waals surface area contributed by atoms with Crippen molar-refractivity contribution >= 4 is 45.6 Å². The number of aromatic amines is 1. The van der Waals surface area contributed by atoms with Crippen molar-refractivity contribution in [3.63, 3.8) is 0 Å². The van der Waals surface area contributed by atoms with Gasteiger partial charge in [-0.25, -0.2) is 15.0 Å². The van der Waals surface area contributed by atoms with Crippen LogP contribution in [0.4, 0.5) is 5.82 Å². The van der Waals surface area contributed by atoms with Crippen molar-refractivity contribution in [1.29, 1.82) is 5.41 Å². The topological polar surface area (TPSA) is 95.1 Å². The molecule has 5 rings (SSSR count). The number of fused-ring (bicyclic) bond motifs is 2. The maximum Gasteiger partial charge on any atom is 0.196 e. The lowest BCUT2D eigenvalue weighted by atomic mass is 9.96. The van der Waals surface area contributed by atoms with Crippen molar-refractivity contribution in [2.45, 2.75) is 31.4 Å². The fourth-order valence-corrected chi connectivity index (χ4v) is 4.75. The van der Waals surface area contributed by atoms with E-state index in [1.54, 1.807) is 6.20 Å². The highest BCUT2D eigenvalue weighted by Gasteiger charge is 2.23. The van der Waals surface area contributed by atoms with Crippen LogP contribution in [-0.4, -0.2) is 47.0 Å². The molecule has 7 nitrogen and oxygen atoms in total. The second-order valence-electron chi connectivity index (χ2n) is 7.13. The van der Waals surface area contributed by atoms with Crippen molar-refractivity contribution in [1.82, 2.24) is 24.6 Å². The summed E-state index contributed by atoms with van der Waals surface area (Å²) in [5.74, 6) is 1.65. The molecule has 8 heteroatoms. The number of H-pyrrole nitrogens is 1. The molecule has 2 N–H and O–H groups in total. The molecule has 3 heterocycles. The Bertz CT molecular complexity index is 1240. The predicted molar refractivity (Wildman–Crippen MR) is 119 cm³/mol. The zero-order valence-electron chi connectivity index (χ0n) is 16.1. The number of nitrogens with zero attached hydrogens (tertiary/aromatic N) is 5. The summed E-state index contributed by atoms with van der Waals surface area (Å²) >= 11 is 1.83. The molecule has 0 saturated heterocycles. The Kier molecular flexibility index (Phi) is 4.63. The largest absolute Gasteiger partial charge is 0.309 e. The van der Waals surface area contributed by atoms with E-state index in [4.69, 9.17) is 15.4 Å². The van der Waals surface area contributed by atoms with Crippen LogP contribution >= 0.6 is 11.8 Å².